The SMILES string of the molecule is O=S(=O)(c1ccccc1)N1CCc2cc([C@@H]3C[C@H]3NCC3CNC3)ccc21. The Balaban J connectivity index is 1.31. The molecule has 2 fully saturated rings. The minimum absolute atomic E-state index is 0.360. The van der Waals surface area contributed by atoms with Crippen molar-refractivity contribution in [1.82, 2.24) is 10.6 Å². The largest absolute Gasteiger partial charge is 0.316 e. The maximum Gasteiger partial charge on any atom is 0.264 e. The van der Waals surface area contributed by atoms with Crippen LogP contribution in [0.4, 0.5) is 5.69 Å². The zero-order valence-electron chi connectivity index (χ0n) is 15.3. The van der Waals surface area contributed by atoms with Crippen LogP contribution >= 0.6 is 0 Å². The maximum atomic E-state index is 13.0. The average Bonchev–Trinajstić information content (AvgIpc) is 3.29. The summed E-state index contributed by atoms with van der Waals surface area (Å²) in [4.78, 5) is 0.360. The van der Waals surface area contributed by atoms with Crippen molar-refractivity contribution >= 4 is 15.7 Å². The van der Waals surface area contributed by atoms with Gasteiger partial charge in [-0.1, -0.05) is 30.3 Å². The molecule has 0 spiro atoms. The van der Waals surface area contributed by atoms with Crippen LogP contribution in [0.25, 0.3) is 0 Å². The molecular formula is C21H25N3O2S. The molecule has 2 atom stereocenters. The second kappa shape index (κ2) is 6.62. The number of rotatable bonds is 6. The zero-order valence-corrected chi connectivity index (χ0v) is 16.1. The predicted molar refractivity (Wildman–Crippen MR) is 107 cm³/mol. The van der Waals surface area contributed by atoms with Gasteiger partial charge in [0.05, 0.1) is 10.6 Å². The number of anilines is 1. The first kappa shape index (κ1) is 17.2. The first-order valence-corrected chi connectivity index (χ1v) is 11.2. The highest BCUT2D eigenvalue weighted by Gasteiger charge is 2.39. The van der Waals surface area contributed by atoms with Gasteiger partial charge in [-0.25, -0.2) is 8.42 Å². The third-order valence-corrected chi connectivity index (χ3v) is 7.87. The number of nitrogens with zero attached hydrogens (tertiary/aromatic N) is 1. The predicted octanol–water partition coefficient (Wildman–Crippen LogP) is 2.10. The fourth-order valence-electron chi connectivity index (χ4n) is 4.19. The molecule has 5 rings (SSSR count). The van der Waals surface area contributed by atoms with Crippen LogP contribution < -0.4 is 14.9 Å². The highest BCUT2D eigenvalue weighted by Crippen LogP contribution is 2.43. The van der Waals surface area contributed by atoms with Crippen molar-refractivity contribution in [3.05, 3.63) is 59.7 Å². The van der Waals surface area contributed by atoms with E-state index in [1.165, 1.54) is 12.0 Å². The van der Waals surface area contributed by atoms with Crippen molar-refractivity contribution in [2.24, 2.45) is 5.92 Å². The zero-order chi connectivity index (χ0) is 18.4. The van der Waals surface area contributed by atoms with Crippen LogP contribution in [0.15, 0.2) is 53.4 Å². The molecule has 27 heavy (non-hydrogen) atoms. The quantitative estimate of drug-likeness (QED) is 0.802. The Morgan fingerprint density at radius 3 is 2.67 bits per heavy atom. The summed E-state index contributed by atoms with van der Waals surface area (Å²) in [6, 6.07) is 15.6. The molecule has 2 aromatic carbocycles. The van der Waals surface area contributed by atoms with Crippen molar-refractivity contribution in [3.8, 4) is 0 Å². The van der Waals surface area contributed by atoms with Gasteiger partial charge < -0.3 is 10.6 Å². The number of sulfonamides is 1. The van der Waals surface area contributed by atoms with Crippen molar-refractivity contribution < 1.29 is 8.42 Å². The van der Waals surface area contributed by atoms with Crippen LogP contribution in [0.5, 0.6) is 0 Å². The second-order valence-corrected chi connectivity index (χ2v) is 9.77. The molecule has 2 N–H and O–H groups in total. The Bertz CT molecular complexity index is 941. The van der Waals surface area contributed by atoms with Crippen LogP contribution in [-0.4, -0.2) is 40.6 Å². The van der Waals surface area contributed by atoms with Gasteiger partial charge in [0.25, 0.3) is 10.0 Å². The summed E-state index contributed by atoms with van der Waals surface area (Å²) in [5, 5.41) is 6.99. The van der Waals surface area contributed by atoms with Gasteiger partial charge in [-0.15, -0.1) is 0 Å². The van der Waals surface area contributed by atoms with Crippen molar-refractivity contribution in [1.29, 1.82) is 0 Å². The molecular weight excluding hydrogens is 358 g/mol. The van der Waals surface area contributed by atoms with Gasteiger partial charge >= 0.3 is 0 Å². The van der Waals surface area contributed by atoms with Crippen LogP contribution in [-0.2, 0) is 16.4 Å². The lowest BCUT2D eigenvalue weighted by molar-refractivity contribution is 0.330. The van der Waals surface area contributed by atoms with Gasteiger partial charge in [-0.3, -0.25) is 4.31 Å². The standard InChI is InChI=1S/C21H25N3O2S/c25-27(26,18-4-2-1-3-5-18)24-9-8-17-10-16(6-7-21(17)24)19-11-20(19)23-14-15-12-22-13-15/h1-7,10,15,19-20,22-23H,8-9,11-14H2/t19-,20+/m0/s1. The normalized spacial score (nSPS) is 24.5. The highest BCUT2D eigenvalue weighted by molar-refractivity contribution is 7.92. The van der Waals surface area contributed by atoms with Crippen LogP contribution in [0.2, 0.25) is 0 Å². The average molecular weight is 384 g/mol. The van der Waals surface area contributed by atoms with E-state index in [0.29, 0.717) is 23.4 Å². The first-order chi connectivity index (χ1) is 13.1. The van der Waals surface area contributed by atoms with Crippen molar-refractivity contribution in [2.45, 2.75) is 29.7 Å². The molecule has 0 unspecified atom stereocenters. The number of hydrogen-bond acceptors (Lipinski definition) is 4. The summed E-state index contributed by atoms with van der Waals surface area (Å²) >= 11 is 0. The summed E-state index contributed by atoms with van der Waals surface area (Å²) in [5.41, 5.74) is 3.34. The first-order valence-electron chi connectivity index (χ1n) is 9.77. The van der Waals surface area contributed by atoms with E-state index in [1.807, 2.05) is 12.1 Å². The fraction of sp³-hybridized carbons (Fsp3) is 0.429. The number of nitrogens with one attached hydrogen (secondary N) is 2. The molecule has 1 aliphatic carbocycles. The van der Waals surface area contributed by atoms with Crippen molar-refractivity contribution in [2.75, 3.05) is 30.5 Å². The fourth-order valence-corrected chi connectivity index (χ4v) is 5.72. The van der Waals surface area contributed by atoms with Crippen LogP contribution in [0, 0.1) is 5.92 Å². The molecule has 0 aromatic heterocycles. The van der Waals surface area contributed by atoms with E-state index in [1.54, 1.807) is 28.6 Å². The molecule has 3 aliphatic rings. The minimum atomic E-state index is -3.48. The monoisotopic (exact) mass is 383 g/mol. The van der Waals surface area contributed by atoms with E-state index in [2.05, 4.69) is 22.8 Å². The molecule has 5 nitrogen and oxygen atoms in total. The van der Waals surface area contributed by atoms with Gasteiger partial charge in [0.15, 0.2) is 0 Å². The van der Waals surface area contributed by atoms with Gasteiger partial charge in [0.1, 0.15) is 0 Å². The second-order valence-electron chi connectivity index (χ2n) is 7.91. The van der Waals surface area contributed by atoms with E-state index in [9.17, 15) is 8.42 Å². The molecule has 0 bridgehead atoms. The van der Waals surface area contributed by atoms with E-state index >= 15 is 0 Å². The third-order valence-electron chi connectivity index (χ3n) is 6.04. The van der Waals surface area contributed by atoms with E-state index in [4.69, 9.17) is 0 Å². The third kappa shape index (κ3) is 3.16. The van der Waals surface area contributed by atoms with Gasteiger partial charge in [-0.2, -0.15) is 0 Å². The van der Waals surface area contributed by atoms with Crippen LogP contribution in [0.3, 0.4) is 0 Å². The summed E-state index contributed by atoms with van der Waals surface area (Å²) in [6.07, 6.45) is 1.97. The molecule has 1 saturated carbocycles. The Kier molecular flexibility index (Phi) is 4.22. The molecule has 2 heterocycles. The lowest BCUT2D eigenvalue weighted by Gasteiger charge is -2.27. The van der Waals surface area contributed by atoms with Crippen LogP contribution in [0.1, 0.15) is 23.5 Å². The number of benzene rings is 2. The smallest absolute Gasteiger partial charge is 0.264 e. The Hall–Kier alpha value is -1.89. The Morgan fingerprint density at radius 2 is 1.93 bits per heavy atom. The van der Waals surface area contributed by atoms with E-state index in [-0.39, 0.29) is 0 Å². The summed E-state index contributed by atoms with van der Waals surface area (Å²) in [6.45, 7) is 3.89. The molecule has 142 valence electrons. The minimum Gasteiger partial charge on any atom is -0.316 e. The Morgan fingerprint density at radius 1 is 1.11 bits per heavy atom. The molecule has 1 saturated heterocycles. The van der Waals surface area contributed by atoms with Gasteiger partial charge in [0, 0.05) is 38.1 Å². The van der Waals surface area contributed by atoms with E-state index in [0.717, 1.165) is 43.2 Å². The lowest BCUT2D eigenvalue weighted by atomic mass is 10.0. The molecule has 0 radical (unpaired) electrons. The number of hydrogen-bond donors (Lipinski definition) is 2. The summed E-state index contributed by atoms with van der Waals surface area (Å²) in [5.74, 6) is 1.35. The topological polar surface area (TPSA) is 61.4 Å². The molecule has 6 heteroatoms. The highest BCUT2D eigenvalue weighted by atomic mass is 32.2. The summed E-state index contributed by atoms with van der Waals surface area (Å²) < 4.78 is 27.5. The molecule has 0 amide bonds. The van der Waals surface area contributed by atoms with E-state index < -0.39 is 10.0 Å². The lowest BCUT2D eigenvalue weighted by Crippen LogP contribution is -2.47. The maximum absolute atomic E-state index is 13.0. The molecule has 2 aliphatic heterocycles. The Labute approximate surface area is 160 Å². The van der Waals surface area contributed by atoms with Gasteiger partial charge in [0.2, 0.25) is 0 Å². The number of fused-ring (bicyclic) bond motifs is 1. The molecule has 2 aromatic rings. The van der Waals surface area contributed by atoms with Gasteiger partial charge in [-0.05, 0) is 48.1 Å². The van der Waals surface area contributed by atoms with Crippen molar-refractivity contribution in [3.63, 3.8) is 0 Å². The summed E-state index contributed by atoms with van der Waals surface area (Å²) in [7, 11) is -3.48.